The Morgan fingerprint density at radius 3 is 2.67 bits per heavy atom. The minimum atomic E-state index is -0.234. The summed E-state index contributed by atoms with van der Waals surface area (Å²) in [6.07, 6.45) is 5.87. The lowest BCUT2D eigenvalue weighted by molar-refractivity contribution is 0.0505. The number of hydrogen-bond acceptors (Lipinski definition) is 3. The molecule has 1 N–H and O–H groups in total. The summed E-state index contributed by atoms with van der Waals surface area (Å²) >= 11 is 0. The first-order valence-electron chi connectivity index (χ1n) is 8.04. The van der Waals surface area contributed by atoms with E-state index in [0.717, 1.165) is 12.1 Å². The van der Waals surface area contributed by atoms with E-state index in [-0.39, 0.29) is 5.97 Å². The highest BCUT2D eigenvalue weighted by Gasteiger charge is 2.27. The predicted octanol–water partition coefficient (Wildman–Crippen LogP) is 4.63. The average molecular weight is 289 g/mol. The molecule has 1 atom stereocenters. The van der Waals surface area contributed by atoms with Crippen molar-refractivity contribution < 1.29 is 9.53 Å². The molecule has 1 aliphatic carbocycles. The summed E-state index contributed by atoms with van der Waals surface area (Å²) in [5.41, 5.74) is 2.14. The van der Waals surface area contributed by atoms with Crippen molar-refractivity contribution in [3.8, 4) is 0 Å². The molecule has 116 valence electrons. The fourth-order valence-electron chi connectivity index (χ4n) is 3.04. The van der Waals surface area contributed by atoms with Crippen LogP contribution in [0.4, 0.5) is 5.69 Å². The van der Waals surface area contributed by atoms with Crippen molar-refractivity contribution >= 4 is 11.7 Å². The number of rotatable bonds is 5. The van der Waals surface area contributed by atoms with Gasteiger partial charge in [-0.3, -0.25) is 0 Å². The zero-order valence-corrected chi connectivity index (χ0v) is 13.4. The van der Waals surface area contributed by atoms with Crippen LogP contribution >= 0.6 is 0 Å². The first-order valence-corrected chi connectivity index (χ1v) is 8.04. The minimum absolute atomic E-state index is 0.234. The van der Waals surface area contributed by atoms with Crippen LogP contribution in [0.25, 0.3) is 0 Å². The van der Waals surface area contributed by atoms with Crippen LogP contribution in [0.15, 0.2) is 24.3 Å². The molecule has 0 amide bonds. The van der Waals surface area contributed by atoms with Crippen molar-refractivity contribution in [1.82, 2.24) is 0 Å². The third kappa shape index (κ3) is 4.76. The third-order valence-corrected chi connectivity index (χ3v) is 4.13. The molecule has 1 aliphatic rings. The zero-order chi connectivity index (χ0) is 15.3. The quantitative estimate of drug-likeness (QED) is 0.803. The highest BCUT2D eigenvalue weighted by Crippen LogP contribution is 2.36. The monoisotopic (exact) mass is 289 g/mol. The number of nitrogens with one attached hydrogen (secondary N) is 1. The molecule has 1 fully saturated rings. The van der Waals surface area contributed by atoms with Gasteiger partial charge in [-0.2, -0.15) is 0 Å². The molecule has 21 heavy (non-hydrogen) atoms. The van der Waals surface area contributed by atoms with Crippen LogP contribution in [0.3, 0.4) is 0 Å². The second-order valence-electron chi connectivity index (χ2n) is 6.82. The van der Waals surface area contributed by atoms with E-state index in [2.05, 4.69) is 19.2 Å². The van der Waals surface area contributed by atoms with Crippen LogP contribution in [0.1, 0.15) is 63.2 Å². The first-order chi connectivity index (χ1) is 10.00. The van der Waals surface area contributed by atoms with Crippen LogP contribution in [0.5, 0.6) is 0 Å². The van der Waals surface area contributed by atoms with E-state index in [1.165, 1.54) is 25.7 Å². The molecule has 1 aromatic rings. The molecule has 1 saturated carbocycles. The minimum Gasteiger partial charge on any atom is -0.462 e. The van der Waals surface area contributed by atoms with Crippen LogP contribution in [-0.4, -0.2) is 18.6 Å². The van der Waals surface area contributed by atoms with Crippen LogP contribution in [0.2, 0.25) is 0 Å². The van der Waals surface area contributed by atoms with E-state index in [9.17, 15) is 4.79 Å². The lowest BCUT2D eigenvalue weighted by Gasteiger charge is -2.36. The topological polar surface area (TPSA) is 38.3 Å². The van der Waals surface area contributed by atoms with Gasteiger partial charge in [-0.15, -0.1) is 0 Å². The smallest absolute Gasteiger partial charge is 0.338 e. The second kappa shape index (κ2) is 6.97. The van der Waals surface area contributed by atoms with E-state index in [1.54, 1.807) is 0 Å². The Kier molecular flexibility index (Phi) is 5.27. The molecule has 3 heteroatoms. The maximum Gasteiger partial charge on any atom is 0.338 e. The largest absolute Gasteiger partial charge is 0.462 e. The van der Waals surface area contributed by atoms with E-state index < -0.39 is 0 Å². The van der Waals surface area contributed by atoms with E-state index >= 15 is 0 Å². The summed E-state index contributed by atoms with van der Waals surface area (Å²) < 4.78 is 5.14. The van der Waals surface area contributed by atoms with Crippen molar-refractivity contribution in [3.05, 3.63) is 29.8 Å². The summed E-state index contributed by atoms with van der Waals surface area (Å²) in [4.78, 5) is 11.7. The Morgan fingerprint density at radius 1 is 1.33 bits per heavy atom. The van der Waals surface area contributed by atoms with Gasteiger partial charge in [0, 0.05) is 11.7 Å². The number of benzene rings is 1. The highest BCUT2D eigenvalue weighted by atomic mass is 16.5. The maximum absolute atomic E-state index is 11.7. The Morgan fingerprint density at radius 2 is 2.05 bits per heavy atom. The van der Waals surface area contributed by atoms with E-state index in [4.69, 9.17) is 4.74 Å². The molecular weight excluding hydrogens is 262 g/mol. The van der Waals surface area contributed by atoms with Crippen LogP contribution < -0.4 is 5.32 Å². The molecule has 0 radical (unpaired) electrons. The van der Waals surface area contributed by atoms with Crippen LogP contribution in [-0.2, 0) is 4.74 Å². The van der Waals surface area contributed by atoms with Crippen molar-refractivity contribution in [1.29, 1.82) is 0 Å². The molecule has 0 spiro atoms. The van der Waals surface area contributed by atoms with Gasteiger partial charge in [-0.05, 0) is 55.4 Å². The Bertz CT molecular complexity index is 465. The molecule has 2 rings (SSSR count). The average Bonchev–Trinajstić information content (AvgIpc) is 2.44. The molecule has 1 unspecified atom stereocenters. The van der Waals surface area contributed by atoms with Gasteiger partial charge in [0.25, 0.3) is 0 Å². The lowest BCUT2D eigenvalue weighted by Crippen LogP contribution is -2.31. The number of ether oxygens (including phenoxy) is 1. The lowest BCUT2D eigenvalue weighted by atomic mass is 9.75. The third-order valence-electron chi connectivity index (χ3n) is 4.13. The maximum atomic E-state index is 11.7. The Hall–Kier alpha value is -1.51. The van der Waals surface area contributed by atoms with Crippen molar-refractivity contribution in [3.63, 3.8) is 0 Å². The molecule has 0 aromatic heterocycles. The van der Waals surface area contributed by atoms with Crippen LogP contribution in [0, 0.1) is 5.41 Å². The highest BCUT2D eigenvalue weighted by molar-refractivity contribution is 5.89. The van der Waals surface area contributed by atoms with Gasteiger partial charge in [0.05, 0.1) is 12.2 Å². The number of carbonyl (C=O) groups is 1. The molecule has 0 heterocycles. The van der Waals surface area contributed by atoms with Crippen molar-refractivity contribution in [2.45, 2.75) is 58.9 Å². The van der Waals surface area contributed by atoms with Gasteiger partial charge < -0.3 is 10.1 Å². The summed E-state index contributed by atoms with van der Waals surface area (Å²) in [6.45, 7) is 7.16. The number of carbonyl (C=O) groups excluding carboxylic acids is 1. The normalized spacial score (nSPS) is 20.8. The summed E-state index contributed by atoms with van der Waals surface area (Å²) in [5.74, 6) is -0.234. The van der Waals surface area contributed by atoms with Gasteiger partial charge in [-0.25, -0.2) is 4.79 Å². The van der Waals surface area contributed by atoms with Gasteiger partial charge in [0.1, 0.15) is 0 Å². The van der Waals surface area contributed by atoms with Crippen molar-refractivity contribution in [2.75, 3.05) is 11.9 Å². The zero-order valence-electron chi connectivity index (χ0n) is 13.4. The van der Waals surface area contributed by atoms with Crippen molar-refractivity contribution in [2.24, 2.45) is 5.41 Å². The molecule has 0 saturated heterocycles. The summed E-state index contributed by atoms with van der Waals surface area (Å²) in [7, 11) is 0. The molecule has 3 nitrogen and oxygen atoms in total. The summed E-state index contributed by atoms with van der Waals surface area (Å²) in [6, 6.07) is 8.17. The van der Waals surface area contributed by atoms with Gasteiger partial charge in [0.2, 0.25) is 0 Å². The second-order valence-corrected chi connectivity index (χ2v) is 6.82. The number of hydrogen-bond donors (Lipinski definition) is 1. The van der Waals surface area contributed by atoms with E-state index in [0.29, 0.717) is 23.6 Å². The molecule has 0 aliphatic heterocycles. The Labute approximate surface area is 128 Å². The van der Waals surface area contributed by atoms with E-state index in [1.807, 2.05) is 31.2 Å². The first kappa shape index (κ1) is 15.9. The predicted molar refractivity (Wildman–Crippen MR) is 86.7 cm³/mol. The number of esters is 1. The Balaban J connectivity index is 1.91. The molecule has 0 bridgehead atoms. The molecule has 1 aromatic carbocycles. The van der Waals surface area contributed by atoms with Gasteiger partial charge in [0.15, 0.2) is 0 Å². The SMILES string of the molecule is CCCOC(=O)c1ccc(NC2CCCC(C)(C)C2)cc1. The standard InChI is InChI=1S/C18H27NO2/c1-4-12-21-17(20)14-7-9-15(10-8-14)19-16-6-5-11-18(2,3)13-16/h7-10,16,19H,4-6,11-13H2,1-3H3. The number of anilines is 1. The fourth-order valence-corrected chi connectivity index (χ4v) is 3.04. The fraction of sp³-hybridized carbons (Fsp3) is 0.611. The summed E-state index contributed by atoms with van der Waals surface area (Å²) in [5, 5.41) is 3.59. The van der Waals surface area contributed by atoms with Gasteiger partial charge >= 0.3 is 5.97 Å². The molecular formula is C18H27NO2. The van der Waals surface area contributed by atoms with Gasteiger partial charge in [-0.1, -0.05) is 27.2 Å².